The molecule has 6 heteroatoms. The van der Waals surface area contributed by atoms with E-state index in [1.165, 1.54) is 0 Å². The van der Waals surface area contributed by atoms with Crippen molar-refractivity contribution in [1.82, 2.24) is 0 Å². The van der Waals surface area contributed by atoms with Crippen LogP contribution in [0.4, 0.5) is 0 Å². The summed E-state index contributed by atoms with van der Waals surface area (Å²) in [6, 6.07) is 0.710. The maximum absolute atomic E-state index is 9.56. The summed E-state index contributed by atoms with van der Waals surface area (Å²) in [7, 11) is -2.39. The second kappa shape index (κ2) is 5.47. The summed E-state index contributed by atoms with van der Waals surface area (Å²) in [6.45, 7) is 3.97. The molecule has 1 rings (SSSR count). The van der Waals surface area contributed by atoms with E-state index in [4.69, 9.17) is 13.0 Å². The lowest BCUT2D eigenvalue weighted by molar-refractivity contribution is 0.116. The lowest BCUT2D eigenvalue weighted by atomic mass is 10.5. The van der Waals surface area contributed by atoms with Gasteiger partial charge in [0.1, 0.15) is 6.10 Å². The molecule has 0 aromatic rings. The lowest BCUT2D eigenvalue weighted by Gasteiger charge is -2.19. The fourth-order valence-corrected chi connectivity index (χ4v) is 2.21. The maximum Gasteiger partial charge on any atom is 0.356 e. The molecule has 0 bridgehead atoms. The van der Waals surface area contributed by atoms with Gasteiger partial charge in [-0.25, -0.2) is 0 Å². The van der Waals surface area contributed by atoms with Crippen molar-refractivity contribution in [3.63, 3.8) is 0 Å². The molecule has 2 radical (unpaired) electrons. The molecule has 74 valence electrons. The van der Waals surface area contributed by atoms with Crippen molar-refractivity contribution < 1.29 is 17.7 Å². The number of hydrogen-bond acceptors (Lipinski definition) is 4. The molecular formula is C7H15AlO4Si. The van der Waals surface area contributed by atoms with Crippen LogP contribution in [-0.2, 0) is 13.0 Å². The Bertz CT molecular complexity index is 151. The molecule has 0 saturated carbocycles. The van der Waals surface area contributed by atoms with Gasteiger partial charge in [-0.05, 0) is 19.0 Å². The Morgan fingerprint density at radius 2 is 2.38 bits per heavy atom. The predicted octanol–water partition coefficient (Wildman–Crippen LogP) is -0.0437. The van der Waals surface area contributed by atoms with Crippen molar-refractivity contribution in [3.8, 4) is 0 Å². The molecule has 0 spiro atoms. The maximum atomic E-state index is 9.56. The van der Waals surface area contributed by atoms with E-state index in [0.717, 1.165) is 13.0 Å². The average molecular weight is 218 g/mol. The SMILES string of the molecule is C[Si](O)(CCCOCC1CO1)[O][Al]. The summed E-state index contributed by atoms with van der Waals surface area (Å²) in [5.74, 6) is 0. The Balaban J connectivity index is 1.87. The Morgan fingerprint density at radius 3 is 2.92 bits per heavy atom. The van der Waals surface area contributed by atoms with Gasteiger partial charge in [0.15, 0.2) is 0 Å². The molecule has 2 atom stereocenters. The van der Waals surface area contributed by atoms with Crippen LogP contribution in [0.25, 0.3) is 0 Å². The van der Waals surface area contributed by atoms with Gasteiger partial charge in [0, 0.05) is 6.61 Å². The molecule has 1 saturated heterocycles. The van der Waals surface area contributed by atoms with Gasteiger partial charge in [0.2, 0.25) is 0 Å². The monoisotopic (exact) mass is 218 g/mol. The summed E-state index contributed by atoms with van der Waals surface area (Å²) in [4.78, 5) is 9.56. The highest BCUT2D eigenvalue weighted by Crippen LogP contribution is 2.11. The Labute approximate surface area is 88.2 Å². The number of ether oxygens (including phenoxy) is 2. The summed E-state index contributed by atoms with van der Waals surface area (Å²) in [5.41, 5.74) is 0. The van der Waals surface area contributed by atoms with Crippen LogP contribution >= 0.6 is 0 Å². The van der Waals surface area contributed by atoms with Gasteiger partial charge in [0.05, 0.1) is 13.2 Å². The topological polar surface area (TPSA) is 51.2 Å². The third kappa shape index (κ3) is 5.81. The summed E-state index contributed by atoms with van der Waals surface area (Å²) in [6.07, 6.45) is 1.18. The van der Waals surface area contributed by atoms with Crippen molar-refractivity contribution in [2.75, 3.05) is 19.8 Å². The molecule has 1 heterocycles. The fraction of sp³-hybridized carbons (Fsp3) is 1.00. The molecule has 0 amide bonds. The van der Waals surface area contributed by atoms with E-state index >= 15 is 0 Å². The number of epoxide rings is 1. The molecule has 4 nitrogen and oxygen atoms in total. The van der Waals surface area contributed by atoms with Gasteiger partial charge in [-0.15, -0.1) is 0 Å². The number of rotatable bonds is 7. The van der Waals surface area contributed by atoms with E-state index in [-0.39, 0.29) is 0 Å². The van der Waals surface area contributed by atoms with E-state index < -0.39 is 8.56 Å². The molecule has 0 aliphatic carbocycles. The zero-order chi connectivity index (χ0) is 9.73. The Morgan fingerprint density at radius 1 is 1.69 bits per heavy atom. The minimum absolute atomic E-state index is 0.329. The predicted molar refractivity (Wildman–Crippen MR) is 50.7 cm³/mol. The van der Waals surface area contributed by atoms with Crippen LogP contribution in [0.1, 0.15) is 6.42 Å². The van der Waals surface area contributed by atoms with Gasteiger partial charge in [-0.2, -0.15) is 0 Å². The highest BCUT2D eigenvalue weighted by atomic mass is 28.4. The van der Waals surface area contributed by atoms with Crippen LogP contribution in [-0.4, -0.2) is 55.9 Å². The third-order valence-corrected chi connectivity index (χ3v) is 5.20. The minimum Gasteiger partial charge on any atom is -0.538 e. The second-order valence-corrected chi connectivity index (χ2v) is 7.22. The molecule has 1 N–H and O–H groups in total. The van der Waals surface area contributed by atoms with Crippen molar-refractivity contribution in [1.29, 1.82) is 0 Å². The standard InChI is InChI=1S/C7H15O4Si.Al/c1-12(8,9)4-2-3-10-5-7-6-11-7;/h7-8H,2-6H2,1H3;/q-1;+1. The summed E-state index contributed by atoms with van der Waals surface area (Å²) >= 11 is 2.12. The smallest absolute Gasteiger partial charge is 0.356 e. The van der Waals surface area contributed by atoms with Gasteiger partial charge < -0.3 is 17.7 Å². The summed E-state index contributed by atoms with van der Waals surface area (Å²) < 4.78 is 15.2. The van der Waals surface area contributed by atoms with E-state index in [9.17, 15) is 4.80 Å². The molecule has 0 aromatic heterocycles. The van der Waals surface area contributed by atoms with Crippen LogP contribution in [0.5, 0.6) is 0 Å². The first-order valence-corrected chi connectivity index (χ1v) is 7.47. The molecule has 1 fully saturated rings. The van der Waals surface area contributed by atoms with Gasteiger partial charge in [0.25, 0.3) is 0 Å². The van der Waals surface area contributed by atoms with Crippen LogP contribution < -0.4 is 0 Å². The second-order valence-electron chi connectivity index (χ2n) is 3.43. The van der Waals surface area contributed by atoms with E-state index in [1.807, 2.05) is 0 Å². The number of hydrogen-bond donors (Lipinski definition) is 1. The van der Waals surface area contributed by atoms with Crippen molar-refractivity contribution in [3.05, 3.63) is 0 Å². The third-order valence-electron chi connectivity index (χ3n) is 1.89. The first-order chi connectivity index (χ1) is 6.14. The van der Waals surface area contributed by atoms with E-state index in [1.54, 1.807) is 6.55 Å². The lowest BCUT2D eigenvalue weighted by Crippen LogP contribution is -2.33. The van der Waals surface area contributed by atoms with Crippen molar-refractivity contribution >= 4 is 25.2 Å². The van der Waals surface area contributed by atoms with Crippen LogP contribution in [0.3, 0.4) is 0 Å². The van der Waals surface area contributed by atoms with E-state index in [2.05, 4.69) is 16.6 Å². The van der Waals surface area contributed by atoms with Crippen molar-refractivity contribution in [2.45, 2.75) is 25.1 Å². The highest BCUT2D eigenvalue weighted by molar-refractivity contribution is 6.67. The Kier molecular flexibility index (Phi) is 4.90. The van der Waals surface area contributed by atoms with Gasteiger partial charge in [-0.1, -0.05) is 0 Å². The fourth-order valence-electron chi connectivity index (χ4n) is 0.940. The molecule has 2 unspecified atom stereocenters. The average Bonchev–Trinajstić information content (AvgIpc) is 2.87. The van der Waals surface area contributed by atoms with Crippen molar-refractivity contribution in [2.24, 2.45) is 0 Å². The first kappa shape index (κ1) is 11.7. The summed E-state index contributed by atoms with van der Waals surface area (Å²) in [5, 5.41) is 0. The van der Waals surface area contributed by atoms with Crippen LogP contribution in [0.2, 0.25) is 12.6 Å². The van der Waals surface area contributed by atoms with E-state index in [0.29, 0.717) is 25.4 Å². The molecule has 13 heavy (non-hydrogen) atoms. The zero-order valence-corrected chi connectivity index (χ0v) is 10.0. The molecule has 1 aliphatic heterocycles. The molecular weight excluding hydrogens is 203 g/mol. The van der Waals surface area contributed by atoms with Crippen LogP contribution in [0.15, 0.2) is 0 Å². The Hall–Kier alpha value is 0.589. The zero-order valence-electron chi connectivity index (χ0n) is 7.86. The van der Waals surface area contributed by atoms with Gasteiger partial charge >= 0.3 is 25.2 Å². The van der Waals surface area contributed by atoms with Crippen LogP contribution in [0, 0.1) is 0 Å². The largest absolute Gasteiger partial charge is 0.538 e. The minimum atomic E-state index is -2.39. The molecule has 1 aliphatic rings. The van der Waals surface area contributed by atoms with Gasteiger partial charge in [-0.3, -0.25) is 0 Å². The highest BCUT2D eigenvalue weighted by Gasteiger charge is 2.24. The molecule has 0 aromatic carbocycles. The first-order valence-electron chi connectivity index (χ1n) is 4.44. The normalized spacial score (nSPS) is 25.5. The quantitative estimate of drug-likeness (QED) is 0.370.